The number of benzene rings is 1. The molecule has 0 radical (unpaired) electrons. The lowest BCUT2D eigenvalue weighted by Crippen LogP contribution is -2.39. The Bertz CT molecular complexity index is 444. The maximum Gasteiger partial charge on any atom is 0.129 e. The molecule has 0 atom stereocenters. The van der Waals surface area contributed by atoms with E-state index in [0.29, 0.717) is 18.7 Å². The van der Waals surface area contributed by atoms with Crippen LogP contribution in [0.1, 0.15) is 38.2 Å². The fraction of sp³-hybridized carbons (Fsp3) is 0.625. The largest absolute Gasteiger partial charge is 0.388 e. The summed E-state index contributed by atoms with van der Waals surface area (Å²) in [7, 11) is 1.93. The predicted octanol–water partition coefficient (Wildman–Crippen LogP) is 2.68. The van der Waals surface area contributed by atoms with Gasteiger partial charge in [-0.3, -0.25) is 0 Å². The summed E-state index contributed by atoms with van der Waals surface area (Å²) >= 11 is 0. The lowest BCUT2D eigenvalue weighted by atomic mass is 10.0. The van der Waals surface area contributed by atoms with Crippen molar-refractivity contribution in [3.63, 3.8) is 0 Å². The molecule has 0 spiro atoms. The van der Waals surface area contributed by atoms with Gasteiger partial charge in [0.05, 0.1) is 5.60 Å². The molecule has 1 aliphatic rings. The van der Waals surface area contributed by atoms with Crippen LogP contribution in [-0.4, -0.2) is 30.8 Å². The maximum absolute atomic E-state index is 14.0. The molecule has 0 bridgehead atoms. The first-order valence-electron chi connectivity index (χ1n) is 7.47. The molecule has 2 rings (SSSR count). The number of nitrogens with zero attached hydrogens (tertiary/aromatic N) is 1. The van der Waals surface area contributed by atoms with Gasteiger partial charge in [0.15, 0.2) is 0 Å². The number of hydrogen-bond donors (Lipinski definition) is 2. The molecule has 3 nitrogen and oxygen atoms in total. The van der Waals surface area contributed by atoms with Crippen molar-refractivity contribution in [2.45, 2.75) is 44.8 Å². The van der Waals surface area contributed by atoms with E-state index in [9.17, 15) is 9.50 Å². The van der Waals surface area contributed by atoms with Gasteiger partial charge in [-0.15, -0.1) is 0 Å². The van der Waals surface area contributed by atoms with Crippen molar-refractivity contribution in [3.05, 3.63) is 29.6 Å². The van der Waals surface area contributed by atoms with Crippen molar-refractivity contribution in [1.82, 2.24) is 5.32 Å². The topological polar surface area (TPSA) is 35.5 Å². The summed E-state index contributed by atoms with van der Waals surface area (Å²) in [6.45, 7) is 3.89. The third-order valence-electron chi connectivity index (χ3n) is 4.12. The first kappa shape index (κ1) is 15.3. The molecule has 0 aromatic heterocycles. The minimum Gasteiger partial charge on any atom is -0.388 e. The first-order valence-corrected chi connectivity index (χ1v) is 7.47. The number of rotatable bonds is 6. The van der Waals surface area contributed by atoms with E-state index in [4.69, 9.17) is 0 Å². The minimum atomic E-state index is -0.615. The highest BCUT2D eigenvalue weighted by atomic mass is 19.1. The zero-order valence-electron chi connectivity index (χ0n) is 12.5. The summed E-state index contributed by atoms with van der Waals surface area (Å²) < 4.78 is 14.0. The molecule has 1 aromatic carbocycles. The highest BCUT2D eigenvalue weighted by molar-refractivity contribution is 5.54. The summed E-state index contributed by atoms with van der Waals surface area (Å²) in [6, 6.07) is 5.15. The second-order valence-corrected chi connectivity index (χ2v) is 5.81. The third kappa shape index (κ3) is 3.49. The van der Waals surface area contributed by atoms with Crippen LogP contribution in [0.15, 0.2) is 18.2 Å². The third-order valence-corrected chi connectivity index (χ3v) is 4.12. The summed E-state index contributed by atoms with van der Waals surface area (Å²) in [5.74, 6) is -0.186. The molecular weight excluding hydrogens is 255 g/mol. The van der Waals surface area contributed by atoms with Crippen LogP contribution in [0.2, 0.25) is 0 Å². The van der Waals surface area contributed by atoms with Crippen LogP contribution in [0.5, 0.6) is 0 Å². The van der Waals surface area contributed by atoms with E-state index in [1.54, 1.807) is 6.07 Å². The summed E-state index contributed by atoms with van der Waals surface area (Å²) in [5.41, 5.74) is 0.931. The van der Waals surface area contributed by atoms with Gasteiger partial charge in [0.2, 0.25) is 0 Å². The van der Waals surface area contributed by atoms with Gasteiger partial charge in [-0.1, -0.05) is 25.8 Å². The zero-order chi connectivity index (χ0) is 14.6. The standard InChI is InChI=1S/C16H25FN2O/c1-3-18-11-13-14(17)7-6-8-15(13)19(2)12-16(20)9-4-5-10-16/h6-8,18,20H,3-5,9-12H2,1-2H3. The van der Waals surface area contributed by atoms with Crippen LogP contribution in [0.3, 0.4) is 0 Å². The Labute approximate surface area is 120 Å². The normalized spacial score (nSPS) is 17.4. The van der Waals surface area contributed by atoms with Gasteiger partial charge in [-0.25, -0.2) is 4.39 Å². The number of nitrogens with one attached hydrogen (secondary N) is 1. The lowest BCUT2D eigenvalue weighted by molar-refractivity contribution is 0.0559. The Kier molecular flexibility index (Phi) is 5.00. The molecule has 1 saturated carbocycles. The van der Waals surface area contributed by atoms with Crippen LogP contribution in [0, 0.1) is 5.82 Å². The number of likely N-dealkylation sites (N-methyl/N-ethyl adjacent to an activating group) is 1. The van der Waals surface area contributed by atoms with Crippen molar-refractivity contribution >= 4 is 5.69 Å². The molecule has 0 heterocycles. The Morgan fingerprint density at radius 2 is 2.05 bits per heavy atom. The quantitative estimate of drug-likeness (QED) is 0.841. The van der Waals surface area contributed by atoms with Crippen molar-refractivity contribution in [3.8, 4) is 0 Å². The Balaban J connectivity index is 2.15. The van der Waals surface area contributed by atoms with Crippen molar-refractivity contribution < 1.29 is 9.50 Å². The van der Waals surface area contributed by atoms with Crippen LogP contribution in [-0.2, 0) is 6.54 Å². The van der Waals surface area contributed by atoms with Gasteiger partial charge in [0.1, 0.15) is 5.82 Å². The average Bonchev–Trinajstić information content (AvgIpc) is 2.83. The fourth-order valence-corrected chi connectivity index (χ4v) is 3.05. The Hall–Kier alpha value is -1.13. The van der Waals surface area contributed by atoms with Gasteiger partial charge in [0.25, 0.3) is 0 Å². The van der Waals surface area contributed by atoms with Gasteiger partial charge >= 0.3 is 0 Å². The lowest BCUT2D eigenvalue weighted by Gasteiger charge is -2.31. The van der Waals surface area contributed by atoms with Crippen molar-refractivity contribution in [2.75, 3.05) is 25.0 Å². The van der Waals surface area contributed by atoms with Gasteiger partial charge in [0, 0.05) is 31.4 Å². The zero-order valence-corrected chi connectivity index (χ0v) is 12.5. The van der Waals surface area contributed by atoms with Crippen molar-refractivity contribution in [2.24, 2.45) is 0 Å². The van der Waals surface area contributed by atoms with Crippen molar-refractivity contribution in [1.29, 1.82) is 0 Å². The highest BCUT2D eigenvalue weighted by Gasteiger charge is 2.32. The predicted molar refractivity (Wildman–Crippen MR) is 80.5 cm³/mol. The second kappa shape index (κ2) is 6.55. The first-order chi connectivity index (χ1) is 9.56. The van der Waals surface area contributed by atoms with E-state index < -0.39 is 5.60 Å². The Morgan fingerprint density at radius 1 is 1.35 bits per heavy atom. The van der Waals surface area contributed by atoms with Crippen LogP contribution < -0.4 is 10.2 Å². The fourth-order valence-electron chi connectivity index (χ4n) is 3.05. The number of aliphatic hydroxyl groups is 1. The summed E-state index contributed by atoms with van der Waals surface area (Å²) in [5, 5.41) is 13.7. The summed E-state index contributed by atoms with van der Waals surface area (Å²) in [6.07, 6.45) is 3.85. The second-order valence-electron chi connectivity index (χ2n) is 5.81. The molecule has 2 N–H and O–H groups in total. The molecule has 1 aliphatic carbocycles. The molecule has 0 unspecified atom stereocenters. The van der Waals surface area contributed by atoms with Crippen LogP contribution in [0.4, 0.5) is 10.1 Å². The highest BCUT2D eigenvalue weighted by Crippen LogP contribution is 2.32. The smallest absolute Gasteiger partial charge is 0.129 e. The SMILES string of the molecule is CCNCc1c(F)cccc1N(C)CC1(O)CCCC1. The van der Waals surface area contributed by atoms with Gasteiger partial charge in [-0.2, -0.15) is 0 Å². The van der Waals surface area contributed by atoms with E-state index >= 15 is 0 Å². The van der Waals surface area contributed by atoms with Crippen LogP contribution in [0.25, 0.3) is 0 Å². The van der Waals surface area contributed by atoms with E-state index in [1.807, 2.05) is 24.9 Å². The molecule has 0 saturated heterocycles. The van der Waals surface area contributed by atoms with Gasteiger partial charge < -0.3 is 15.3 Å². The number of anilines is 1. The van der Waals surface area contributed by atoms with Crippen LogP contribution >= 0.6 is 0 Å². The molecule has 0 aliphatic heterocycles. The van der Waals surface area contributed by atoms with E-state index in [0.717, 1.165) is 37.9 Å². The molecule has 1 aromatic rings. The van der Waals surface area contributed by atoms with E-state index in [1.165, 1.54) is 6.07 Å². The molecule has 1 fully saturated rings. The Morgan fingerprint density at radius 3 is 2.70 bits per heavy atom. The van der Waals surface area contributed by atoms with E-state index in [-0.39, 0.29) is 5.82 Å². The monoisotopic (exact) mass is 280 g/mol. The molecular formula is C16H25FN2O. The minimum absolute atomic E-state index is 0.186. The van der Waals surface area contributed by atoms with E-state index in [2.05, 4.69) is 5.32 Å². The molecule has 4 heteroatoms. The molecule has 112 valence electrons. The summed E-state index contributed by atoms with van der Waals surface area (Å²) in [4.78, 5) is 1.99. The number of halogens is 1. The number of hydrogen-bond acceptors (Lipinski definition) is 3. The van der Waals surface area contributed by atoms with Gasteiger partial charge in [-0.05, 0) is 31.5 Å². The molecule has 20 heavy (non-hydrogen) atoms. The average molecular weight is 280 g/mol. The molecule has 0 amide bonds. The maximum atomic E-state index is 14.0.